The highest BCUT2D eigenvalue weighted by molar-refractivity contribution is 7.26. The number of rotatable bonds is 11. The first-order valence-corrected chi connectivity index (χ1v) is 48.5. The third-order valence-corrected chi connectivity index (χ3v) is 30.1. The molecule has 0 spiro atoms. The average Bonchev–Trinajstić information content (AvgIpc) is 1.54. The molecule has 7 nitrogen and oxygen atoms in total. The molecule has 19 aromatic carbocycles. The summed E-state index contributed by atoms with van der Waals surface area (Å²) in [6, 6.07) is 163. The van der Waals surface area contributed by atoms with Crippen LogP contribution in [0.5, 0.6) is 0 Å². The number of nitrogens with zero attached hydrogens (tertiary/aromatic N) is 5. The highest BCUT2D eigenvalue weighted by Crippen LogP contribution is 2.53. The van der Waals surface area contributed by atoms with Gasteiger partial charge < -0.3 is 28.4 Å². The average molecular weight is 1770 g/mol. The molecule has 0 bridgehead atoms. The Labute approximate surface area is 804 Å². The third kappa shape index (κ3) is 13.4. The van der Waals surface area contributed by atoms with E-state index in [0.29, 0.717) is 0 Å². The van der Waals surface area contributed by atoms with Gasteiger partial charge in [-0.15, -0.1) is 11.3 Å². The number of hydrogen-bond acceptors (Lipinski definition) is 8. The number of thiophene rings is 1. The summed E-state index contributed by atoms with van der Waals surface area (Å²) >= 11 is 1.92. The van der Waals surface area contributed by atoms with Crippen molar-refractivity contribution in [3.8, 4) is 55.6 Å². The van der Waals surface area contributed by atoms with E-state index in [1.165, 1.54) is 148 Å². The van der Waals surface area contributed by atoms with Gasteiger partial charge in [0, 0.05) is 106 Å². The molecule has 0 fully saturated rings. The lowest BCUT2D eigenvalue weighted by Crippen LogP contribution is -2.54. The van der Waals surface area contributed by atoms with Crippen molar-refractivity contribution in [1.82, 2.24) is 0 Å². The van der Waals surface area contributed by atoms with Gasteiger partial charge in [0.15, 0.2) is 0 Å². The molecule has 0 N–H and O–H groups in total. The summed E-state index contributed by atoms with van der Waals surface area (Å²) in [4.78, 5) is 12.0. The van der Waals surface area contributed by atoms with E-state index in [1.54, 1.807) is 0 Å². The second-order valence-electron chi connectivity index (χ2n) is 38.9. The van der Waals surface area contributed by atoms with E-state index in [4.69, 9.17) is 8.83 Å². The summed E-state index contributed by atoms with van der Waals surface area (Å²) in [6.45, 7) is 14.1. The summed E-state index contributed by atoms with van der Waals surface area (Å²) in [5, 5.41) is 6.19. The molecule has 6 aliphatic rings. The van der Waals surface area contributed by atoms with Crippen LogP contribution in [0.1, 0.15) is 52.7 Å². The number of furan rings is 2. The van der Waals surface area contributed by atoms with Crippen LogP contribution in [0, 0.1) is 0 Å². The molecule has 0 saturated heterocycles. The maximum Gasteiger partial charge on any atom is 0.253 e. The number of fused-ring (bicyclic) bond motifs is 22. The lowest BCUT2D eigenvalue weighted by Gasteiger charge is -2.37. The first-order chi connectivity index (χ1) is 67.3. The zero-order chi connectivity index (χ0) is 91.5. The minimum absolute atomic E-state index is 0.0308. The van der Waals surface area contributed by atoms with Gasteiger partial charge in [0.25, 0.3) is 6.71 Å². The van der Waals surface area contributed by atoms with Gasteiger partial charge in [-0.1, -0.05) is 361 Å². The lowest BCUT2D eigenvalue weighted by molar-refractivity contribution is 0.590. The van der Waals surface area contributed by atoms with Gasteiger partial charge in [0.1, 0.15) is 16.7 Å². The number of hydrogen-bond donors (Lipinski definition) is 0. The van der Waals surface area contributed by atoms with Crippen LogP contribution in [0.3, 0.4) is 0 Å². The molecule has 0 saturated carbocycles. The van der Waals surface area contributed by atoms with Crippen molar-refractivity contribution in [1.29, 1.82) is 0 Å². The molecule has 137 heavy (non-hydrogen) atoms. The fourth-order valence-corrected chi connectivity index (χ4v) is 23.9. The molecule has 9 heterocycles. The first kappa shape index (κ1) is 81.4. The second-order valence-corrected chi connectivity index (χ2v) is 39.9. The van der Waals surface area contributed by atoms with Gasteiger partial charge in [-0.25, -0.2) is 0 Å². The van der Waals surface area contributed by atoms with Crippen molar-refractivity contribution in [3.63, 3.8) is 0 Å². The fourth-order valence-electron chi connectivity index (χ4n) is 22.6. The monoisotopic (exact) mass is 1770 g/mol. The minimum atomic E-state index is 0.0308. The molecule has 3 aromatic heterocycles. The molecule has 6 aliphatic heterocycles. The number of benzene rings is 19. The quantitative estimate of drug-likeness (QED) is 0.120. The largest absolute Gasteiger partial charge is 0.456 e. The molecule has 0 aliphatic carbocycles. The Bertz CT molecular complexity index is 8430. The van der Waals surface area contributed by atoms with Crippen molar-refractivity contribution in [3.05, 3.63) is 460 Å². The van der Waals surface area contributed by atoms with E-state index in [2.05, 4.69) is 509 Å². The van der Waals surface area contributed by atoms with E-state index >= 15 is 0 Å². The molecule has 28 rings (SSSR count). The van der Waals surface area contributed by atoms with Gasteiger partial charge in [-0.2, -0.15) is 0 Å². The van der Waals surface area contributed by atoms with Crippen molar-refractivity contribution in [2.45, 2.75) is 52.4 Å². The Morgan fingerprint density at radius 1 is 0.234 bits per heavy atom. The van der Waals surface area contributed by atoms with E-state index < -0.39 is 0 Å². The third-order valence-electron chi connectivity index (χ3n) is 28.9. The minimum Gasteiger partial charge on any atom is -0.456 e. The zero-order valence-electron chi connectivity index (χ0n) is 76.9. The summed E-state index contributed by atoms with van der Waals surface area (Å²) in [6.07, 6.45) is 0. The topological polar surface area (TPSA) is 42.5 Å². The van der Waals surface area contributed by atoms with Gasteiger partial charge in [-0.3, -0.25) is 4.90 Å². The Balaban J connectivity index is 0.000000107. The highest BCUT2D eigenvalue weighted by Gasteiger charge is 2.49. The molecule has 22 aromatic rings. The SMILES string of the molecule is CC(C)(C)c1ccc(-c2ccc3c(c2)-c2cccc4c2B3c2c(sc3ccccc23)N4c2ccc(C(C)(C)C)cc2)cc1.c1ccc(-c2ccc3c(c2)B2c4c-3cc(N(c3ccccc3)c3ccccc3)cc4N(c3ccccc3)c3oc4ccccc4c32)cc1.c1ccc(N(c2ccccc2)c2cc3c4c(c2)N(c2ccccc2)c2cc5oc6ccccc6c5cc2B4c2ccccc2-3)cc1. The summed E-state index contributed by atoms with van der Waals surface area (Å²) in [7, 11) is 0. The van der Waals surface area contributed by atoms with Crippen LogP contribution in [0.25, 0.3) is 98.6 Å². The van der Waals surface area contributed by atoms with Crippen LogP contribution in [-0.4, -0.2) is 20.1 Å². The predicted octanol–water partition coefficient (Wildman–Crippen LogP) is 28.6. The molecule has 0 atom stereocenters. The maximum atomic E-state index is 6.88. The van der Waals surface area contributed by atoms with Crippen LogP contribution in [0.15, 0.2) is 458 Å². The summed E-state index contributed by atoms with van der Waals surface area (Å²) < 4.78 is 14.7. The summed E-state index contributed by atoms with van der Waals surface area (Å²) in [5.74, 6) is 0.881. The molecule has 0 unspecified atom stereocenters. The van der Waals surface area contributed by atoms with Crippen LogP contribution in [0.2, 0.25) is 0 Å². The van der Waals surface area contributed by atoms with E-state index in [-0.39, 0.29) is 31.0 Å². The van der Waals surface area contributed by atoms with Gasteiger partial charge in [0.05, 0.1) is 5.00 Å². The zero-order valence-corrected chi connectivity index (χ0v) is 77.7. The second kappa shape index (κ2) is 32.2. The van der Waals surface area contributed by atoms with E-state index in [1.807, 2.05) is 17.4 Å². The van der Waals surface area contributed by atoms with Crippen LogP contribution < -0.4 is 73.7 Å². The molecular formula is C126H92B3N5O2S. The van der Waals surface area contributed by atoms with Gasteiger partial charge in [0.2, 0.25) is 19.3 Å². The summed E-state index contributed by atoms with van der Waals surface area (Å²) in [5.41, 5.74) is 45.6. The molecule has 648 valence electrons. The van der Waals surface area contributed by atoms with Crippen molar-refractivity contribution in [2.75, 3.05) is 24.5 Å². The highest BCUT2D eigenvalue weighted by atomic mass is 32.1. The van der Waals surface area contributed by atoms with Crippen LogP contribution >= 0.6 is 11.3 Å². The van der Waals surface area contributed by atoms with Crippen molar-refractivity contribution < 1.29 is 8.83 Å². The van der Waals surface area contributed by atoms with Crippen LogP contribution in [0.4, 0.5) is 84.8 Å². The van der Waals surface area contributed by atoms with Gasteiger partial charge in [-0.05, 0) is 250 Å². The predicted molar refractivity (Wildman–Crippen MR) is 584 cm³/mol. The Morgan fingerprint density at radius 2 is 0.679 bits per heavy atom. The van der Waals surface area contributed by atoms with Crippen molar-refractivity contribution in [2.24, 2.45) is 0 Å². The normalized spacial score (nSPS) is 12.9. The van der Waals surface area contributed by atoms with E-state index in [0.717, 1.165) is 95.7 Å². The fraction of sp³-hybridized carbons (Fsp3) is 0.0635. The molecule has 11 heteroatoms. The molecular weight excluding hydrogens is 1680 g/mol. The number of para-hydroxylation sites is 8. The van der Waals surface area contributed by atoms with E-state index in [9.17, 15) is 0 Å². The van der Waals surface area contributed by atoms with Crippen LogP contribution in [-0.2, 0) is 10.8 Å². The van der Waals surface area contributed by atoms with Crippen molar-refractivity contribution >= 4 is 208 Å². The maximum absolute atomic E-state index is 6.88. The lowest BCUT2D eigenvalue weighted by atomic mass is 9.37. The number of anilines is 15. The standard InChI is InChI=1S/C44H29BN2O.C42H27BN2O.C40H36BNS/c1-5-15-30(16-6-1)31-25-26-36-38-28-35(46(32-17-7-2-8-18-32)33-19-9-3-10-20-33)29-40-42(38)45(39(36)27-31)43-37-23-13-14-24-41(37)48-44(43)47(40)34-21-11-4-12-22-34;1-4-14-28(15-5-1)44(29-16-6-2-7-17-29)31-24-35-32-20-10-12-22-36(32)43-37-26-34-33-21-11-13-23-40(33)46-41(34)27-38(37)45(39(25-31)42(35)43)30-18-8-3-9-19-30;1-39(2,3)27-17-14-25(15-18-27)26-16-23-33-32(24-26)30-11-9-12-34-36(30)41(33)37-31-10-7-8-13-35(31)43-38(37)42(34)29-21-19-28(20-22-29)40(4,5)6/h1-29H;1-27H;7-24H,1-6H3. The molecule has 0 amide bonds. The van der Waals surface area contributed by atoms with Gasteiger partial charge >= 0.3 is 0 Å². The molecule has 0 radical (unpaired) electrons. The Hall–Kier alpha value is -16.3. The Morgan fingerprint density at radius 3 is 1.29 bits per heavy atom. The first-order valence-electron chi connectivity index (χ1n) is 47.7. The Kier molecular flexibility index (Phi) is 19.2. The smallest absolute Gasteiger partial charge is 0.253 e.